The van der Waals surface area contributed by atoms with Crippen molar-refractivity contribution in [3.05, 3.63) is 72.9 Å². The zero-order chi connectivity index (χ0) is 29.3. The molecule has 0 bridgehead atoms. The molecule has 218 valence electrons. The molecule has 3 aromatic carbocycles. The number of carbonyl (C=O) groups excluding carboxylic acids is 1. The van der Waals surface area contributed by atoms with Crippen LogP contribution in [0.1, 0.15) is 0 Å². The quantitative estimate of drug-likeness (QED) is 0.223. The second-order valence-corrected chi connectivity index (χ2v) is 9.14. The molecule has 0 unspecified atom stereocenters. The van der Waals surface area contributed by atoms with Crippen LogP contribution in [0.4, 0.5) is 33.5 Å². The highest BCUT2D eigenvalue weighted by Crippen LogP contribution is 2.31. The molecule has 1 fully saturated rings. The Kier molecular flexibility index (Phi) is 9.04. The van der Waals surface area contributed by atoms with E-state index in [1.54, 1.807) is 49.6 Å². The summed E-state index contributed by atoms with van der Waals surface area (Å²) in [6.45, 7) is 3.15. The van der Waals surface area contributed by atoms with Crippen molar-refractivity contribution in [2.75, 3.05) is 68.5 Å². The minimum atomic E-state index is -0.534. The summed E-state index contributed by atoms with van der Waals surface area (Å²) in [5.74, 6) is 2.67. The van der Waals surface area contributed by atoms with Crippen LogP contribution in [0.3, 0.4) is 0 Å². The van der Waals surface area contributed by atoms with E-state index < -0.39 is 6.03 Å². The maximum Gasteiger partial charge on any atom is 0.323 e. The molecular weight excluding hydrogens is 540 g/mol. The molecule has 0 aliphatic carbocycles. The minimum absolute atomic E-state index is 0.140. The van der Waals surface area contributed by atoms with Gasteiger partial charge in [-0.25, -0.2) is 9.78 Å². The van der Waals surface area contributed by atoms with Crippen LogP contribution in [-0.4, -0.2) is 63.6 Å². The number of nitrogens with one attached hydrogen (secondary N) is 3. The van der Waals surface area contributed by atoms with Gasteiger partial charge in [0.25, 0.3) is 0 Å². The van der Waals surface area contributed by atoms with E-state index in [9.17, 15) is 4.79 Å². The Morgan fingerprint density at radius 2 is 1.43 bits per heavy atom. The number of amides is 2. The van der Waals surface area contributed by atoms with Gasteiger partial charge in [0, 0.05) is 48.4 Å². The van der Waals surface area contributed by atoms with Crippen LogP contribution in [0.25, 0.3) is 0 Å². The summed E-state index contributed by atoms with van der Waals surface area (Å²) < 4.78 is 27.3. The maximum atomic E-state index is 12.9. The van der Waals surface area contributed by atoms with Crippen molar-refractivity contribution in [1.82, 2.24) is 9.97 Å². The molecule has 0 saturated carbocycles. The third kappa shape index (κ3) is 7.29. The van der Waals surface area contributed by atoms with Crippen molar-refractivity contribution in [2.24, 2.45) is 0 Å². The third-order valence-electron chi connectivity index (χ3n) is 6.38. The van der Waals surface area contributed by atoms with Crippen molar-refractivity contribution in [1.29, 1.82) is 0 Å². The molecule has 1 aliphatic rings. The van der Waals surface area contributed by atoms with Crippen molar-refractivity contribution < 1.29 is 28.5 Å². The number of nitrogens with zero attached hydrogens (tertiary/aromatic N) is 3. The largest absolute Gasteiger partial charge is 0.497 e. The molecule has 2 heterocycles. The summed E-state index contributed by atoms with van der Waals surface area (Å²) in [4.78, 5) is 24.2. The number of rotatable bonds is 10. The van der Waals surface area contributed by atoms with Gasteiger partial charge in [-0.15, -0.1) is 0 Å². The highest BCUT2D eigenvalue weighted by Gasteiger charge is 2.15. The molecule has 0 spiro atoms. The zero-order valence-electron chi connectivity index (χ0n) is 23.5. The number of morpholine rings is 1. The molecule has 0 atom stereocenters. The van der Waals surface area contributed by atoms with E-state index in [0.717, 1.165) is 37.7 Å². The first kappa shape index (κ1) is 28.3. The number of urea groups is 1. The number of anilines is 5. The molecule has 12 nitrogen and oxygen atoms in total. The van der Waals surface area contributed by atoms with E-state index in [4.69, 9.17) is 23.7 Å². The summed E-state index contributed by atoms with van der Waals surface area (Å²) in [5.41, 5.74) is 2.65. The van der Waals surface area contributed by atoms with Gasteiger partial charge in [0.1, 0.15) is 28.7 Å². The molecule has 1 aromatic heterocycles. The van der Waals surface area contributed by atoms with E-state index in [-0.39, 0.29) is 11.6 Å². The van der Waals surface area contributed by atoms with Crippen LogP contribution in [0, 0.1) is 0 Å². The minimum Gasteiger partial charge on any atom is -0.497 e. The van der Waals surface area contributed by atoms with Crippen LogP contribution in [0.5, 0.6) is 28.9 Å². The van der Waals surface area contributed by atoms with Crippen molar-refractivity contribution >= 4 is 34.7 Å². The highest BCUT2D eigenvalue weighted by molar-refractivity contribution is 6.00. The molecule has 42 heavy (non-hydrogen) atoms. The first-order valence-electron chi connectivity index (χ1n) is 13.2. The lowest BCUT2D eigenvalue weighted by Gasteiger charge is -2.28. The van der Waals surface area contributed by atoms with Gasteiger partial charge in [-0.2, -0.15) is 4.98 Å². The molecule has 12 heteroatoms. The Balaban J connectivity index is 1.35. The van der Waals surface area contributed by atoms with E-state index in [0.29, 0.717) is 34.6 Å². The Bertz CT molecular complexity index is 1470. The molecular formula is C30H32N6O6. The normalized spacial score (nSPS) is 12.7. The number of aromatic nitrogens is 2. The number of ether oxygens (including phenoxy) is 5. The van der Waals surface area contributed by atoms with Gasteiger partial charge in [0.2, 0.25) is 11.8 Å². The molecule has 0 radical (unpaired) electrons. The number of benzene rings is 3. The first-order valence-corrected chi connectivity index (χ1v) is 13.2. The highest BCUT2D eigenvalue weighted by atomic mass is 16.5. The average Bonchev–Trinajstić information content (AvgIpc) is 3.03. The van der Waals surface area contributed by atoms with Gasteiger partial charge >= 0.3 is 6.03 Å². The Hall–Kier alpha value is -5.23. The Morgan fingerprint density at radius 1 is 0.786 bits per heavy atom. The number of hydrogen-bond acceptors (Lipinski definition) is 10. The van der Waals surface area contributed by atoms with Crippen LogP contribution in [0.2, 0.25) is 0 Å². The summed E-state index contributed by atoms with van der Waals surface area (Å²) in [6, 6.07) is 19.5. The Labute approximate surface area is 243 Å². The molecule has 5 rings (SSSR count). The number of carbonyl (C=O) groups is 1. The first-order chi connectivity index (χ1) is 20.5. The predicted octanol–water partition coefficient (Wildman–Crippen LogP) is 5.52. The van der Waals surface area contributed by atoms with Crippen LogP contribution in [0.15, 0.2) is 72.9 Å². The van der Waals surface area contributed by atoms with Gasteiger partial charge in [0.05, 0.1) is 40.7 Å². The SMILES string of the molecule is COc1ccc(Oc2nc(Nc3ccc(N4CCOCC4)cc3)ncc2NC(=O)Nc2cc(OC)cc(OC)c2)cc1. The summed E-state index contributed by atoms with van der Waals surface area (Å²) in [5, 5.41) is 8.73. The molecule has 3 N–H and O–H groups in total. The summed E-state index contributed by atoms with van der Waals surface area (Å²) >= 11 is 0. The van der Waals surface area contributed by atoms with Crippen molar-refractivity contribution in [3.63, 3.8) is 0 Å². The number of methoxy groups -OCH3 is 3. The Morgan fingerprint density at radius 3 is 2.07 bits per heavy atom. The second kappa shape index (κ2) is 13.4. The molecule has 1 saturated heterocycles. The van der Waals surface area contributed by atoms with Crippen LogP contribution >= 0.6 is 0 Å². The maximum absolute atomic E-state index is 12.9. The van der Waals surface area contributed by atoms with Crippen molar-refractivity contribution in [3.8, 4) is 28.9 Å². The third-order valence-corrected chi connectivity index (χ3v) is 6.38. The van der Waals surface area contributed by atoms with E-state index in [1.807, 2.05) is 24.3 Å². The van der Waals surface area contributed by atoms with E-state index in [1.165, 1.54) is 20.4 Å². The molecule has 1 aliphatic heterocycles. The lowest BCUT2D eigenvalue weighted by molar-refractivity contribution is 0.122. The number of hydrogen-bond donors (Lipinski definition) is 3. The van der Waals surface area contributed by atoms with Gasteiger partial charge in [-0.1, -0.05) is 0 Å². The van der Waals surface area contributed by atoms with Gasteiger partial charge in [0.15, 0.2) is 0 Å². The fourth-order valence-corrected chi connectivity index (χ4v) is 4.22. The van der Waals surface area contributed by atoms with E-state index in [2.05, 4.69) is 30.8 Å². The van der Waals surface area contributed by atoms with Crippen molar-refractivity contribution in [2.45, 2.75) is 0 Å². The summed E-state index contributed by atoms with van der Waals surface area (Å²) in [6.07, 6.45) is 1.47. The summed E-state index contributed by atoms with van der Waals surface area (Å²) in [7, 11) is 4.66. The smallest absolute Gasteiger partial charge is 0.323 e. The van der Waals surface area contributed by atoms with Crippen LogP contribution < -0.4 is 39.8 Å². The topological polar surface area (TPSA) is 128 Å². The van der Waals surface area contributed by atoms with Gasteiger partial charge in [-0.3, -0.25) is 0 Å². The van der Waals surface area contributed by atoms with E-state index >= 15 is 0 Å². The lowest BCUT2D eigenvalue weighted by atomic mass is 10.2. The predicted molar refractivity (Wildman–Crippen MR) is 160 cm³/mol. The fourth-order valence-electron chi connectivity index (χ4n) is 4.22. The fraction of sp³-hybridized carbons (Fsp3) is 0.233. The second-order valence-electron chi connectivity index (χ2n) is 9.14. The monoisotopic (exact) mass is 572 g/mol. The lowest BCUT2D eigenvalue weighted by Crippen LogP contribution is -2.36. The molecule has 4 aromatic rings. The zero-order valence-corrected chi connectivity index (χ0v) is 23.5. The van der Waals surface area contributed by atoms with Crippen LogP contribution in [-0.2, 0) is 4.74 Å². The standard InChI is InChI=1S/C30H32N6O6/c1-38-23-8-10-24(11-9-23)42-28-27(34-30(37)33-21-16-25(39-2)18-26(17-21)40-3)19-31-29(35-28)32-20-4-6-22(7-5-20)36-12-14-41-15-13-36/h4-11,16-19H,12-15H2,1-3H3,(H,31,32,35)(H2,33,34,37). The molecule has 2 amide bonds. The van der Waals surface area contributed by atoms with Gasteiger partial charge < -0.3 is 44.5 Å². The van der Waals surface area contributed by atoms with Gasteiger partial charge in [-0.05, 0) is 48.5 Å². The average molecular weight is 573 g/mol.